The average molecular weight is 283 g/mol. The van der Waals surface area contributed by atoms with Crippen LogP contribution in [-0.2, 0) is 11.0 Å². The summed E-state index contributed by atoms with van der Waals surface area (Å²) >= 11 is 0. The van der Waals surface area contributed by atoms with Crippen molar-refractivity contribution in [1.29, 1.82) is 0 Å². The monoisotopic (exact) mass is 283 g/mol. The molecule has 0 bridgehead atoms. The zero-order valence-electron chi connectivity index (χ0n) is 11.1. The second kappa shape index (κ2) is 5.69. The Bertz CT molecular complexity index is 534. The lowest BCUT2D eigenvalue weighted by Gasteiger charge is -2.19. The highest BCUT2D eigenvalue weighted by molar-refractivity contribution is 5.97. The number of Topliss-reactive ketones (excluding diaryl/α,β-unsaturated/α-hetero) is 1. The number of hydrogen-bond donors (Lipinski definition) is 1. The van der Waals surface area contributed by atoms with Gasteiger partial charge in [0.2, 0.25) is 0 Å². The van der Waals surface area contributed by atoms with Crippen LogP contribution in [0.4, 0.5) is 18.9 Å². The number of alkyl halides is 3. The Labute approximate surface area is 115 Å². The van der Waals surface area contributed by atoms with E-state index in [0.717, 1.165) is 18.9 Å². The van der Waals surface area contributed by atoms with Gasteiger partial charge < -0.3 is 5.32 Å². The van der Waals surface area contributed by atoms with Crippen LogP contribution in [0.5, 0.6) is 0 Å². The molecule has 2 nitrogen and oxygen atoms in total. The summed E-state index contributed by atoms with van der Waals surface area (Å²) in [5, 5.41) is 2.64. The fourth-order valence-electron chi connectivity index (χ4n) is 2.33. The van der Waals surface area contributed by atoms with Gasteiger partial charge in [-0.3, -0.25) is 4.79 Å². The first-order chi connectivity index (χ1) is 9.39. The van der Waals surface area contributed by atoms with Crippen LogP contribution >= 0.6 is 0 Å². The van der Waals surface area contributed by atoms with E-state index in [1.807, 2.05) is 6.92 Å². The summed E-state index contributed by atoms with van der Waals surface area (Å²) in [5.74, 6) is -0.0251. The van der Waals surface area contributed by atoms with Gasteiger partial charge in [0.15, 0.2) is 5.78 Å². The van der Waals surface area contributed by atoms with E-state index in [9.17, 15) is 18.0 Å². The third-order valence-corrected chi connectivity index (χ3v) is 3.48. The number of hydrogen-bond acceptors (Lipinski definition) is 2. The van der Waals surface area contributed by atoms with Crippen molar-refractivity contribution in [3.05, 3.63) is 41.6 Å². The molecular weight excluding hydrogens is 267 g/mol. The Kier molecular flexibility index (Phi) is 4.16. The van der Waals surface area contributed by atoms with E-state index in [0.29, 0.717) is 12.0 Å². The predicted octanol–water partition coefficient (Wildman–Crippen LogP) is 4.39. The molecule has 1 aliphatic rings. The van der Waals surface area contributed by atoms with Crippen LogP contribution in [0.15, 0.2) is 36.0 Å². The maximum atomic E-state index is 12.8. The van der Waals surface area contributed by atoms with Crippen molar-refractivity contribution in [2.45, 2.75) is 32.4 Å². The molecule has 0 saturated heterocycles. The summed E-state index contributed by atoms with van der Waals surface area (Å²) in [6, 6.07) is 5.25. The Balaban J connectivity index is 2.21. The number of carbonyl (C=O) groups excluding carboxylic acids is 1. The van der Waals surface area contributed by atoms with E-state index < -0.39 is 11.7 Å². The second-order valence-electron chi connectivity index (χ2n) is 5.01. The third kappa shape index (κ3) is 3.21. The van der Waals surface area contributed by atoms with Crippen molar-refractivity contribution in [1.82, 2.24) is 0 Å². The van der Waals surface area contributed by atoms with Gasteiger partial charge in [0.1, 0.15) is 0 Å². The number of ketones is 1. The van der Waals surface area contributed by atoms with Crippen molar-refractivity contribution < 1.29 is 18.0 Å². The minimum atomic E-state index is -4.41. The van der Waals surface area contributed by atoms with Gasteiger partial charge in [-0.05, 0) is 31.4 Å². The number of rotatable bonds is 2. The molecule has 0 radical (unpaired) electrons. The van der Waals surface area contributed by atoms with Gasteiger partial charge in [0.25, 0.3) is 0 Å². The zero-order chi connectivity index (χ0) is 14.8. The Hall–Kier alpha value is -1.78. The zero-order valence-corrected chi connectivity index (χ0v) is 11.1. The highest BCUT2D eigenvalue weighted by Crippen LogP contribution is 2.35. The summed E-state index contributed by atoms with van der Waals surface area (Å²) in [6.07, 6.45) is -0.643. The van der Waals surface area contributed by atoms with Gasteiger partial charge in [0.05, 0.1) is 11.3 Å². The number of anilines is 1. The lowest BCUT2D eigenvalue weighted by molar-refractivity contribution is -0.136. The third-order valence-electron chi connectivity index (χ3n) is 3.48. The van der Waals surface area contributed by atoms with Gasteiger partial charge in [-0.15, -0.1) is 0 Å². The molecule has 1 atom stereocenters. The van der Waals surface area contributed by atoms with Crippen molar-refractivity contribution in [3.63, 3.8) is 0 Å². The number of allylic oxidation sites excluding steroid dienone is 1. The number of halogens is 3. The normalized spacial score (nSPS) is 22.1. The molecule has 1 fully saturated rings. The summed E-state index contributed by atoms with van der Waals surface area (Å²) in [5.41, 5.74) is -0.188. The van der Waals surface area contributed by atoms with Gasteiger partial charge in [-0.25, -0.2) is 0 Å². The largest absolute Gasteiger partial charge is 0.418 e. The smallest absolute Gasteiger partial charge is 0.361 e. The number of nitrogens with one attached hydrogen (secondary N) is 1. The molecule has 20 heavy (non-hydrogen) atoms. The summed E-state index contributed by atoms with van der Waals surface area (Å²) < 4.78 is 38.5. The summed E-state index contributed by atoms with van der Waals surface area (Å²) in [6.45, 7) is 1.85. The predicted molar refractivity (Wildman–Crippen MR) is 71.2 cm³/mol. The highest BCUT2D eigenvalue weighted by atomic mass is 19.4. The number of carbonyl (C=O) groups is 1. The molecule has 0 heterocycles. The van der Waals surface area contributed by atoms with Crippen LogP contribution in [0.2, 0.25) is 0 Å². The molecule has 2 rings (SSSR count). The fraction of sp³-hybridized carbons (Fsp3) is 0.400. The molecule has 1 aromatic rings. The van der Waals surface area contributed by atoms with Crippen molar-refractivity contribution in [2.75, 3.05) is 5.32 Å². The van der Waals surface area contributed by atoms with Crippen LogP contribution in [0.25, 0.3) is 0 Å². The SMILES string of the molecule is C[C@H]1CCC/C(=C/Nc2ccccc2C(F)(F)F)C1=O. The first kappa shape index (κ1) is 14.6. The first-order valence-corrected chi connectivity index (χ1v) is 6.55. The molecular formula is C15H16F3NO. The van der Waals surface area contributed by atoms with E-state index in [4.69, 9.17) is 0 Å². The fourth-order valence-corrected chi connectivity index (χ4v) is 2.33. The van der Waals surface area contributed by atoms with Gasteiger partial charge in [-0.1, -0.05) is 19.1 Å². The van der Waals surface area contributed by atoms with Crippen molar-refractivity contribution in [2.24, 2.45) is 5.92 Å². The Morgan fingerprint density at radius 2 is 2.00 bits per heavy atom. The van der Waals surface area contributed by atoms with Crippen LogP contribution in [0.3, 0.4) is 0 Å². The maximum absolute atomic E-state index is 12.8. The Morgan fingerprint density at radius 3 is 2.70 bits per heavy atom. The molecule has 0 aromatic heterocycles. The molecule has 0 spiro atoms. The second-order valence-corrected chi connectivity index (χ2v) is 5.01. The molecule has 1 aromatic carbocycles. The number of benzene rings is 1. The van der Waals surface area contributed by atoms with E-state index >= 15 is 0 Å². The minimum absolute atomic E-state index is 0.0215. The summed E-state index contributed by atoms with van der Waals surface area (Å²) in [7, 11) is 0. The molecule has 0 amide bonds. The van der Waals surface area contributed by atoms with E-state index in [1.165, 1.54) is 24.4 Å². The highest BCUT2D eigenvalue weighted by Gasteiger charge is 2.33. The van der Waals surface area contributed by atoms with Crippen LogP contribution < -0.4 is 5.32 Å². The van der Waals surface area contributed by atoms with Gasteiger partial charge in [-0.2, -0.15) is 13.2 Å². The standard InChI is InChI=1S/C15H16F3NO/c1-10-5-4-6-11(14(10)20)9-19-13-8-3-2-7-12(13)15(16,17)18/h2-3,7-10,19H,4-6H2,1H3/b11-9-/t10-/m0/s1. The Morgan fingerprint density at radius 1 is 1.30 bits per heavy atom. The van der Waals surface area contributed by atoms with Crippen molar-refractivity contribution in [3.8, 4) is 0 Å². The molecule has 1 saturated carbocycles. The van der Waals surface area contributed by atoms with Gasteiger partial charge >= 0.3 is 6.18 Å². The van der Waals surface area contributed by atoms with Crippen LogP contribution in [0, 0.1) is 5.92 Å². The quantitative estimate of drug-likeness (QED) is 0.815. The van der Waals surface area contributed by atoms with E-state index in [-0.39, 0.29) is 17.4 Å². The molecule has 5 heteroatoms. The van der Waals surface area contributed by atoms with Crippen LogP contribution in [-0.4, -0.2) is 5.78 Å². The molecule has 108 valence electrons. The van der Waals surface area contributed by atoms with E-state index in [1.54, 1.807) is 0 Å². The molecule has 1 N–H and O–H groups in total. The topological polar surface area (TPSA) is 29.1 Å². The maximum Gasteiger partial charge on any atom is 0.418 e. The average Bonchev–Trinajstić information content (AvgIpc) is 2.40. The summed E-state index contributed by atoms with van der Waals surface area (Å²) in [4.78, 5) is 11.9. The van der Waals surface area contributed by atoms with E-state index in [2.05, 4.69) is 5.32 Å². The lowest BCUT2D eigenvalue weighted by atomic mass is 9.86. The minimum Gasteiger partial charge on any atom is -0.361 e. The lowest BCUT2D eigenvalue weighted by Crippen LogP contribution is -2.19. The number of para-hydroxylation sites is 1. The van der Waals surface area contributed by atoms with Crippen molar-refractivity contribution >= 4 is 11.5 Å². The van der Waals surface area contributed by atoms with Gasteiger partial charge in [0, 0.05) is 17.7 Å². The van der Waals surface area contributed by atoms with Crippen LogP contribution in [0.1, 0.15) is 31.7 Å². The first-order valence-electron chi connectivity index (χ1n) is 6.55. The molecule has 1 aliphatic carbocycles. The molecule has 0 unspecified atom stereocenters. The molecule has 0 aliphatic heterocycles.